The van der Waals surface area contributed by atoms with E-state index in [4.69, 9.17) is 17.4 Å². The Kier molecular flexibility index (Phi) is 5.72. The molecule has 94 valence electrons. The molecule has 0 fully saturated rings. The van der Waals surface area contributed by atoms with Gasteiger partial charge in [0.2, 0.25) is 5.96 Å². The first kappa shape index (κ1) is 13.7. The summed E-state index contributed by atoms with van der Waals surface area (Å²) >= 11 is 5.65. The van der Waals surface area contributed by atoms with Gasteiger partial charge in [0.25, 0.3) is 0 Å². The number of rotatable bonds is 4. The topological polar surface area (TPSA) is 62.4 Å². The second-order valence-electron chi connectivity index (χ2n) is 3.48. The molecule has 0 atom stereocenters. The highest BCUT2D eigenvalue weighted by atomic mass is 35.5. The quantitative estimate of drug-likeness (QED) is 0.256. The largest absolute Gasteiger partial charge is 0.323 e. The minimum atomic E-state index is -0.448. The Morgan fingerprint density at radius 3 is 2.88 bits per heavy atom. The van der Waals surface area contributed by atoms with Crippen LogP contribution in [0, 0.1) is 5.82 Å². The van der Waals surface area contributed by atoms with Crippen molar-refractivity contribution in [1.29, 1.82) is 0 Å². The van der Waals surface area contributed by atoms with Crippen molar-refractivity contribution in [3.8, 4) is 0 Å². The number of hydrogen-bond acceptors (Lipinski definition) is 2. The molecule has 0 aliphatic heterocycles. The maximum absolute atomic E-state index is 13.5. The van der Waals surface area contributed by atoms with Gasteiger partial charge >= 0.3 is 0 Å². The van der Waals surface area contributed by atoms with E-state index in [1.165, 1.54) is 12.1 Å². The van der Waals surface area contributed by atoms with Crippen LogP contribution in [-0.2, 0) is 0 Å². The van der Waals surface area contributed by atoms with E-state index < -0.39 is 5.82 Å². The summed E-state index contributed by atoms with van der Waals surface area (Å²) in [6, 6.07) is 4.35. The highest BCUT2D eigenvalue weighted by Crippen LogP contribution is 2.18. The molecule has 4 N–H and O–H groups in total. The molecule has 4 nitrogen and oxygen atoms in total. The molecule has 0 saturated heterocycles. The van der Waals surface area contributed by atoms with E-state index in [1.54, 1.807) is 6.07 Å². The molecular weight excluding hydrogens is 243 g/mol. The van der Waals surface area contributed by atoms with Crippen molar-refractivity contribution in [3.63, 3.8) is 0 Å². The molecule has 0 aliphatic carbocycles. The first-order valence-electron chi connectivity index (χ1n) is 5.40. The molecule has 1 rings (SSSR count). The number of halogens is 2. The third kappa shape index (κ3) is 4.58. The number of hydrazine groups is 1. The number of nitrogens with two attached hydrogens (primary N) is 1. The Bertz CT molecular complexity index is 395. The monoisotopic (exact) mass is 258 g/mol. The summed E-state index contributed by atoms with van der Waals surface area (Å²) in [6.07, 6.45) is 1.99. The molecule has 1 aromatic rings. The zero-order valence-electron chi connectivity index (χ0n) is 9.63. The zero-order valence-corrected chi connectivity index (χ0v) is 10.4. The Morgan fingerprint density at radius 1 is 1.53 bits per heavy atom. The fraction of sp³-hybridized carbons (Fsp3) is 0.364. The number of nitrogens with zero attached hydrogens (tertiary/aromatic N) is 1. The molecule has 0 unspecified atom stereocenters. The number of unbranched alkanes of at least 4 members (excludes halogenated alkanes) is 1. The van der Waals surface area contributed by atoms with Gasteiger partial charge < -0.3 is 5.32 Å². The van der Waals surface area contributed by atoms with Gasteiger partial charge in [-0.25, -0.2) is 10.2 Å². The van der Waals surface area contributed by atoms with Crippen LogP contribution in [0.25, 0.3) is 0 Å². The van der Waals surface area contributed by atoms with E-state index in [-0.39, 0.29) is 5.69 Å². The van der Waals surface area contributed by atoms with Gasteiger partial charge in [-0.3, -0.25) is 10.4 Å². The fourth-order valence-corrected chi connectivity index (χ4v) is 1.35. The lowest BCUT2D eigenvalue weighted by Crippen LogP contribution is -2.36. The Labute approximate surface area is 105 Å². The van der Waals surface area contributed by atoms with E-state index >= 15 is 0 Å². The first-order chi connectivity index (χ1) is 8.17. The number of anilines is 1. The van der Waals surface area contributed by atoms with Crippen LogP contribution in [0.1, 0.15) is 19.8 Å². The normalized spacial score (nSPS) is 11.4. The lowest BCUT2D eigenvalue weighted by atomic mass is 10.3. The van der Waals surface area contributed by atoms with E-state index in [2.05, 4.69) is 22.7 Å². The lowest BCUT2D eigenvalue weighted by Gasteiger charge is -2.10. The van der Waals surface area contributed by atoms with Gasteiger partial charge in [-0.2, -0.15) is 0 Å². The maximum Gasteiger partial charge on any atom is 0.210 e. The third-order valence-corrected chi connectivity index (χ3v) is 2.34. The van der Waals surface area contributed by atoms with Crippen LogP contribution in [0.3, 0.4) is 0 Å². The number of guanidine groups is 1. The van der Waals surface area contributed by atoms with Crippen LogP contribution in [0.2, 0.25) is 5.02 Å². The van der Waals surface area contributed by atoms with Crippen LogP contribution in [0.15, 0.2) is 23.2 Å². The first-order valence-corrected chi connectivity index (χ1v) is 5.78. The van der Waals surface area contributed by atoms with Crippen molar-refractivity contribution in [3.05, 3.63) is 29.0 Å². The van der Waals surface area contributed by atoms with Gasteiger partial charge in [-0.1, -0.05) is 24.9 Å². The summed E-state index contributed by atoms with van der Waals surface area (Å²) in [5.41, 5.74) is 2.67. The second kappa shape index (κ2) is 7.09. The average Bonchev–Trinajstić information content (AvgIpc) is 2.31. The predicted molar refractivity (Wildman–Crippen MR) is 69.6 cm³/mol. The standard InChI is InChI=1S/C11H16ClFN4/c1-2-3-6-15-11(17-14)16-10-5-4-8(12)7-9(10)13/h4-5,7H,2-3,6,14H2,1H3,(H2,15,16,17). The fourth-order valence-electron chi connectivity index (χ4n) is 1.19. The lowest BCUT2D eigenvalue weighted by molar-refractivity contribution is 0.632. The molecule has 0 heterocycles. The van der Waals surface area contributed by atoms with E-state index in [0.29, 0.717) is 17.5 Å². The zero-order chi connectivity index (χ0) is 12.7. The Hall–Kier alpha value is -1.33. The van der Waals surface area contributed by atoms with Crippen molar-refractivity contribution in [2.75, 3.05) is 11.9 Å². The smallest absolute Gasteiger partial charge is 0.210 e. The van der Waals surface area contributed by atoms with Gasteiger partial charge in [-0.05, 0) is 24.6 Å². The van der Waals surface area contributed by atoms with E-state index in [1.807, 2.05) is 0 Å². The molecule has 0 amide bonds. The van der Waals surface area contributed by atoms with Gasteiger partial charge in [0.05, 0.1) is 5.69 Å². The maximum atomic E-state index is 13.5. The molecule has 0 bridgehead atoms. The number of aliphatic imine (C=N–C) groups is 1. The Morgan fingerprint density at radius 2 is 2.29 bits per heavy atom. The molecule has 0 spiro atoms. The van der Waals surface area contributed by atoms with Gasteiger partial charge in [0.15, 0.2) is 0 Å². The molecule has 1 aromatic carbocycles. The summed E-state index contributed by atoms with van der Waals surface area (Å²) in [6.45, 7) is 2.70. The van der Waals surface area contributed by atoms with E-state index in [0.717, 1.165) is 12.8 Å². The van der Waals surface area contributed by atoms with Crippen molar-refractivity contribution in [2.45, 2.75) is 19.8 Å². The van der Waals surface area contributed by atoms with Crippen molar-refractivity contribution >= 4 is 23.2 Å². The highest BCUT2D eigenvalue weighted by molar-refractivity contribution is 6.30. The SMILES string of the molecule is CCCCN=C(NN)Nc1ccc(Cl)cc1F. The molecule has 0 radical (unpaired) electrons. The second-order valence-corrected chi connectivity index (χ2v) is 3.91. The van der Waals surface area contributed by atoms with Gasteiger partial charge in [0.1, 0.15) is 5.82 Å². The average molecular weight is 259 g/mol. The molecule has 6 heteroatoms. The summed E-state index contributed by atoms with van der Waals surface area (Å²) in [4.78, 5) is 4.16. The summed E-state index contributed by atoms with van der Waals surface area (Å²) in [7, 11) is 0. The molecular formula is C11H16ClFN4. The van der Waals surface area contributed by atoms with Crippen LogP contribution < -0.4 is 16.6 Å². The van der Waals surface area contributed by atoms with Crippen LogP contribution in [0.4, 0.5) is 10.1 Å². The number of hydrogen-bond donors (Lipinski definition) is 3. The Balaban J connectivity index is 2.70. The van der Waals surface area contributed by atoms with Crippen LogP contribution in [0.5, 0.6) is 0 Å². The van der Waals surface area contributed by atoms with Gasteiger partial charge in [-0.15, -0.1) is 0 Å². The van der Waals surface area contributed by atoms with Gasteiger partial charge in [0, 0.05) is 11.6 Å². The minimum Gasteiger partial charge on any atom is -0.323 e. The number of benzene rings is 1. The molecule has 0 aliphatic rings. The van der Waals surface area contributed by atoms with E-state index in [9.17, 15) is 4.39 Å². The summed E-state index contributed by atoms with van der Waals surface area (Å²) < 4.78 is 13.5. The summed E-state index contributed by atoms with van der Waals surface area (Å²) in [5.74, 6) is 5.18. The van der Waals surface area contributed by atoms with Crippen LogP contribution in [-0.4, -0.2) is 12.5 Å². The molecule has 0 saturated carbocycles. The molecule has 0 aromatic heterocycles. The van der Waals surface area contributed by atoms with Crippen molar-refractivity contribution in [2.24, 2.45) is 10.8 Å². The van der Waals surface area contributed by atoms with Crippen molar-refractivity contribution < 1.29 is 4.39 Å². The molecule has 17 heavy (non-hydrogen) atoms. The minimum absolute atomic E-state index is 0.280. The highest BCUT2D eigenvalue weighted by Gasteiger charge is 2.04. The summed E-state index contributed by atoms with van der Waals surface area (Å²) in [5, 5.41) is 3.11. The predicted octanol–water partition coefficient (Wildman–Crippen LogP) is 2.51. The third-order valence-electron chi connectivity index (χ3n) is 2.10. The van der Waals surface area contributed by atoms with Crippen LogP contribution >= 0.6 is 11.6 Å². The number of nitrogens with one attached hydrogen (secondary N) is 2. The van der Waals surface area contributed by atoms with Crippen molar-refractivity contribution in [1.82, 2.24) is 5.43 Å².